The van der Waals surface area contributed by atoms with Crippen molar-refractivity contribution in [1.29, 1.82) is 0 Å². The first-order chi connectivity index (χ1) is 14.9. The highest BCUT2D eigenvalue weighted by Gasteiger charge is 2.16. The van der Waals surface area contributed by atoms with E-state index in [1.165, 1.54) is 41.5 Å². The summed E-state index contributed by atoms with van der Waals surface area (Å²) in [5.74, 6) is -1.89. The maximum atomic E-state index is 12.4. The van der Waals surface area contributed by atoms with Gasteiger partial charge in [-0.1, -0.05) is 18.2 Å². The van der Waals surface area contributed by atoms with Crippen molar-refractivity contribution >= 4 is 22.7 Å². The van der Waals surface area contributed by atoms with Crippen LogP contribution in [0.3, 0.4) is 0 Å². The minimum absolute atomic E-state index is 0.0526. The molecule has 0 aliphatic heterocycles. The molecular formula is C22H17N3O6. The third-order valence-electron chi connectivity index (χ3n) is 4.82. The minimum atomic E-state index is -1.04. The number of carbonyl (C=O) groups is 2. The Morgan fingerprint density at radius 3 is 2.29 bits per heavy atom. The molecule has 0 atom stereocenters. The number of aromatic carboxylic acids is 1. The largest absolute Gasteiger partial charge is 0.507 e. The molecule has 31 heavy (non-hydrogen) atoms. The summed E-state index contributed by atoms with van der Waals surface area (Å²) in [7, 11) is 0. The second-order valence-corrected chi connectivity index (χ2v) is 6.87. The number of aromatic nitrogens is 3. The Morgan fingerprint density at radius 1 is 0.935 bits per heavy atom. The predicted molar refractivity (Wildman–Crippen MR) is 109 cm³/mol. The molecule has 4 rings (SSSR count). The van der Waals surface area contributed by atoms with Crippen molar-refractivity contribution in [3.05, 3.63) is 83.4 Å². The SMILES string of the molecule is O=C(O)c1ccc(Cc2c(O)cc3ccc(C(=O)OCn4cnnc4)cc3c2O)cc1. The van der Waals surface area contributed by atoms with E-state index in [1.807, 2.05) is 0 Å². The molecule has 9 nitrogen and oxygen atoms in total. The summed E-state index contributed by atoms with van der Waals surface area (Å²) in [6, 6.07) is 12.3. The van der Waals surface area contributed by atoms with Crippen LogP contribution in [0.15, 0.2) is 61.2 Å². The highest BCUT2D eigenvalue weighted by Crippen LogP contribution is 2.37. The summed E-state index contributed by atoms with van der Waals surface area (Å²) in [6.07, 6.45) is 3.00. The predicted octanol–water partition coefficient (Wildman–Crippen LogP) is 2.95. The molecule has 0 spiro atoms. The molecule has 4 aromatic rings. The first-order valence-electron chi connectivity index (χ1n) is 9.21. The monoisotopic (exact) mass is 419 g/mol. The van der Waals surface area contributed by atoms with Gasteiger partial charge in [0.1, 0.15) is 24.2 Å². The maximum absolute atomic E-state index is 12.4. The van der Waals surface area contributed by atoms with Crippen LogP contribution in [0, 0.1) is 0 Å². The molecule has 1 heterocycles. The molecule has 0 aliphatic rings. The third kappa shape index (κ3) is 4.15. The van der Waals surface area contributed by atoms with E-state index < -0.39 is 11.9 Å². The Morgan fingerprint density at radius 2 is 1.61 bits per heavy atom. The molecule has 0 amide bonds. The molecule has 0 radical (unpaired) electrons. The first kappa shape index (κ1) is 19.9. The molecule has 1 aromatic heterocycles. The highest BCUT2D eigenvalue weighted by atomic mass is 16.5. The van der Waals surface area contributed by atoms with Crippen molar-refractivity contribution < 1.29 is 29.6 Å². The standard InChI is InChI=1S/C22H17N3O6/c26-19-9-15-5-6-16(22(30)31-12-25-10-23-24-11-25)8-17(15)20(27)18(19)7-13-1-3-14(4-2-13)21(28)29/h1-6,8-11,26-27H,7,12H2,(H,28,29). The molecule has 0 aliphatic carbocycles. The lowest BCUT2D eigenvalue weighted by molar-refractivity contribution is 0.0371. The maximum Gasteiger partial charge on any atom is 0.339 e. The van der Waals surface area contributed by atoms with E-state index in [1.54, 1.807) is 24.3 Å². The highest BCUT2D eigenvalue weighted by molar-refractivity contribution is 5.98. The lowest BCUT2D eigenvalue weighted by Crippen LogP contribution is -2.08. The number of nitrogens with zero attached hydrogens (tertiary/aromatic N) is 3. The Bertz CT molecular complexity index is 1270. The minimum Gasteiger partial charge on any atom is -0.507 e. The van der Waals surface area contributed by atoms with Crippen molar-refractivity contribution in [2.75, 3.05) is 0 Å². The molecule has 0 saturated carbocycles. The summed E-state index contributed by atoms with van der Waals surface area (Å²) in [6.45, 7) is -0.0526. The smallest absolute Gasteiger partial charge is 0.339 e. The summed E-state index contributed by atoms with van der Waals surface area (Å²) in [5.41, 5.74) is 1.36. The van der Waals surface area contributed by atoms with E-state index in [2.05, 4.69) is 10.2 Å². The Labute approximate surface area is 175 Å². The fourth-order valence-corrected chi connectivity index (χ4v) is 3.18. The van der Waals surface area contributed by atoms with Gasteiger partial charge in [-0.15, -0.1) is 10.2 Å². The zero-order valence-electron chi connectivity index (χ0n) is 16.1. The number of carboxylic acid groups (broad SMARTS) is 1. The fraction of sp³-hybridized carbons (Fsp3) is 0.0909. The third-order valence-corrected chi connectivity index (χ3v) is 4.82. The quantitative estimate of drug-likeness (QED) is 0.406. The van der Waals surface area contributed by atoms with Crippen LogP contribution in [0.2, 0.25) is 0 Å². The van der Waals surface area contributed by atoms with Gasteiger partial charge >= 0.3 is 11.9 Å². The van der Waals surface area contributed by atoms with Crippen molar-refractivity contribution in [2.24, 2.45) is 0 Å². The van der Waals surface area contributed by atoms with E-state index in [9.17, 15) is 19.8 Å². The number of hydrogen-bond donors (Lipinski definition) is 3. The van der Waals surface area contributed by atoms with Crippen LogP contribution < -0.4 is 0 Å². The molecule has 156 valence electrons. The topological polar surface area (TPSA) is 135 Å². The van der Waals surface area contributed by atoms with E-state index in [0.29, 0.717) is 16.3 Å². The lowest BCUT2D eigenvalue weighted by Gasteiger charge is -2.12. The molecule has 0 unspecified atom stereocenters. The van der Waals surface area contributed by atoms with Crippen LogP contribution >= 0.6 is 0 Å². The van der Waals surface area contributed by atoms with Gasteiger partial charge in [0.25, 0.3) is 0 Å². The zero-order chi connectivity index (χ0) is 22.0. The second-order valence-electron chi connectivity index (χ2n) is 6.87. The van der Waals surface area contributed by atoms with Crippen LogP contribution in [0.5, 0.6) is 11.5 Å². The average molecular weight is 419 g/mol. The Hall–Kier alpha value is -4.40. The fourth-order valence-electron chi connectivity index (χ4n) is 3.18. The molecule has 3 aromatic carbocycles. The van der Waals surface area contributed by atoms with Crippen LogP contribution in [0.25, 0.3) is 10.8 Å². The summed E-state index contributed by atoms with van der Waals surface area (Å²) in [5, 5.41) is 38.4. The van der Waals surface area contributed by atoms with E-state index in [-0.39, 0.29) is 41.3 Å². The molecule has 9 heteroatoms. The number of rotatable bonds is 6. The molecule has 0 bridgehead atoms. The zero-order valence-corrected chi connectivity index (χ0v) is 16.1. The van der Waals surface area contributed by atoms with Crippen LogP contribution in [-0.2, 0) is 17.9 Å². The van der Waals surface area contributed by atoms with Crippen LogP contribution in [0.4, 0.5) is 0 Å². The van der Waals surface area contributed by atoms with Crippen LogP contribution in [-0.4, -0.2) is 42.0 Å². The average Bonchev–Trinajstić information content (AvgIpc) is 3.29. The number of phenols is 2. The number of phenolic OH excluding ortho intramolecular Hbond substituents is 2. The van der Waals surface area contributed by atoms with Gasteiger partial charge in [-0.2, -0.15) is 0 Å². The lowest BCUT2D eigenvalue weighted by atomic mass is 9.97. The number of carboxylic acids is 1. The van der Waals surface area contributed by atoms with Crippen molar-refractivity contribution in [2.45, 2.75) is 13.2 Å². The molecule has 3 N–H and O–H groups in total. The summed E-state index contributed by atoms with van der Waals surface area (Å²) >= 11 is 0. The van der Waals surface area contributed by atoms with Crippen molar-refractivity contribution in [3.8, 4) is 11.5 Å². The van der Waals surface area contributed by atoms with Crippen LogP contribution in [0.1, 0.15) is 31.8 Å². The van der Waals surface area contributed by atoms with Gasteiger partial charge in [-0.25, -0.2) is 9.59 Å². The van der Waals surface area contributed by atoms with Crippen molar-refractivity contribution in [3.63, 3.8) is 0 Å². The number of benzene rings is 3. The number of fused-ring (bicyclic) bond motifs is 1. The van der Waals surface area contributed by atoms with E-state index >= 15 is 0 Å². The number of aromatic hydroxyl groups is 2. The number of ether oxygens (including phenoxy) is 1. The van der Waals surface area contributed by atoms with Gasteiger partial charge in [-0.3, -0.25) is 4.57 Å². The van der Waals surface area contributed by atoms with Gasteiger partial charge in [-0.05, 0) is 41.3 Å². The second kappa shape index (κ2) is 8.15. The van der Waals surface area contributed by atoms with E-state index in [4.69, 9.17) is 9.84 Å². The Kier molecular flexibility index (Phi) is 5.23. The summed E-state index contributed by atoms with van der Waals surface area (Å²) < 4.78 is 6.69. The van der Waals surface area contributed by atoms with E-state index in [0.717, 1.165) is 0 Å². The normalized spacial score (nSPS) is 10.8. The molecule has 0 fully saturated rings. The number of hydrogen-bond acceptors (Lipinski definition) is 7. The van der Waals surface area contributed by atoms with Gasteiger partial charge in [0.2, 0.25) is 0 Å². The summed E-state index contributed by atoms with van der Waals surface area (Å²) in [4.78, 5) is 23.4. The number of carbonyl (C=O) groups excluding carboxylic acids is 1. The van der Waals surface area contributed by atoms with Gasteiger partial charge in [0, 0.05) is 17.4 Å². The molecular weight excluding hydrogens is 402 g/mol. The number of esters is 1. The van der Waals surface area contributed by atoms with Gasteiger partial charge in [0.05, 0.1) is 11.1 Å². The van der Waals surface area contributed by atoms with Gasteiger partial charge in [0.15, 0.2) is 6.73 Å². The van der Waals surface area contributed by atoms with Crippen molar-refractivity contribution in [1.82, 2.24) is 14.8 Å². The van der Waals surface area contributed by atoms with Gasteiger partial charge < -0.3 is 20.1 Å². The first-order valence-corrected chi connectivity index (χ1v) is 9.21. The molecule has 0 saturated heterocycles. The Balaban J connectivity index is 1.62.